The minimum absolute atomic E-state index is 0.0741. The van der Waals surface area contributed by atoms with Crippen LogP contribution in [0.25, 0.3) is 22.6 Å². The fourth-order valence-electron chi connectivity index (χ4n) is 3.48. The summed E-state index contributed by atoms with van der Waals surface area (Å²) in [7, 11) is 0. The Kier molecular flexibility index (Phi) is 5.61. The lowest BCUT2D eigenvalue weighted by Crippen LogP contribution is -2.12. The van der Waals surface area contributed by atoms with Gasteiger partial charge in [0.2, 0.25) is 0 Å². The number of rotatable bonds is 7. The van der Waals surface area contributed by atoms with Crippen molar-refractivity contribution < 1.29 is 23.2 Å². The molecule has 2 heterocycles. The van der Waals surface area contributed by atoms with Gasteiger partial charge >= 0.3 is 6.01 Å². The van der Waals surface area contributed by atoms with Crippen molar-refractivity contribution in [3.05, 3.63) is 95.6 Å². The van der Waals surface area contributed by atoms with Crippen LogP contribution < -0.4 is 10.1 Å². The highest BCUT2D eigenvalue weighted by atomic mass is 16.5. The molecule has 0 bridgehead atoms. The van der Waals surface area contributed by atoms with Gasteiger partial charge < -0.3 is 13.6 Å². The molecule has 0 aliphatic heterocycles. The molecule has 3 aromatic carbocycles. The number of ether oxygens (including phenoxy) is 1. The molecular formula is C26H19N3O5. The summed E-state index contributed by atoms with van der Waals surface area (Å²) in [5.41, 5.74) is 1.99. The first-order valence-corrected chi connectivity index (χ1v) is 10.6. The van der Waals surface area contributed by atoms with E-state index in [0.717, 1.165) is 5.39 Å². The van der Waals surface area contributed by atoms with Gasteiger partial charge in [-0.1, -0.05) is 59.7 Å². The van der Waals surface area contributed by atoms with Crippen molar-refractivity contribution in [2.45, 2.75) is 6.92 Å². The van der Waals surface area contributed by atoms with Crippen LogP contribution in [0.3, 0.4) is 0 Å². The number of hydrogen-bond acceptors (Lipinski definition) is 7. The molecule has 0 aliphatic rings. The molecule has 5 aromatic rings. The Morgan fingerprint density at radius 3 is 2.35 bits per heavy atom. The number of aromatic nitrogens is 2. The fourth-order valence-corrected chi connectivity index (χ4v) is 3.48. The van der Waals surface area contributed by atoms with Gasteiger partial charge in [-0.25, -0.2) is 0 Å². The predicted octanol–water partition coefficient (Wildman–Crippen LogP) is 5.36. The Hall–Kier alpha value is -4.72. The molecule has 168 valence electrons. The maximum Gasteiger partial charge on any atom is 0.322 e. The number of nitrogens with zero attached hydrogens (tertiary/aromatic N) is 2. The average molecular weight is 453 g/mol. The van der Waals surface area contributed by atoms with E-state index in [-0.39, 0.29) is 17.7 Å². The highest BCUT2D eigenvalue weighted by Gasteiger charge is 2.18. The van der Waals surface area contributed by atoms with E-state index < -0.39 is 5.91 Å². The molecular weight excluding hydrogens is 434 g/mol. The molecule has 5 rings (SSSR count). The van der Waals surface area contributed by atoms with Crippen molar-refractivity contribution >= 4 is 28.7 Å². The van der Waals surface area contributed by atoms with Crippen LogP contribution in [0.5, 0.6) is 5.75 Å². The Morgan fingerprint density at radius 1 is 0.853 bits per heavy atom. The third kappa shape index (κ3) is 4.16. The highest BCUT2D eigenvalue weighted by Crippen LogP contribution is 2.33. The maximum atomic E-state index is 12.6. The molecule has 8 heteroatoms. The zero-order chi connectivity index (χ0) is 23.5. The Labute approximate surface area is 194 Å². The number of carbonyl (C=O) groups is 2. The lowest BCUT2D eigenvalue weighted by molar-refractivity contribution is 0.101. The van der Waals surface area contributed by atoms with Gasteiger partial charge in [0, 0.05) is 22.1 Å². The number of hydrogen-bond donors (Lipinski definition) is 1. The predicted molar refractivity (Wildman–Crippen MR) is 125 cm³/mol. The van der Waals surface area contributed by atoms with Gasteiger partial charge in [-0.2, -0.15) is 0 Å². The molecule has 0 atom stereocenters. The SMILES string of the molecule is CCOc1cccc2cc(-c3nnc(NC(=O)c4ccc(C(=O)c5ccccc5)cc4)o3)oc12. The van der Waals surface area contributed by atoms with Gasteiger partial charge in [0.25, 0.3) is 11.8 Å². The van der Waals surface area contributed by atoms with Crippen molar-refractivity contribution in [1.82, 2.24) is 10.2 Å². The molecule has 1 amide bonds. The first-order valence-electron chi connectivity index (χ1n) is 10.6. The minimum atomic E-state index is -0.447. The van der Waals surface area contributed by atoms with Crippen LogP contribution in [0.4, 0.5) is 6.01 Å². The number of fused-ring (bicyclic) bond motifs is 1. The summed E-state index contributed by atoms with van der Waals surface area (Å²) >= 11 is 0. The molecule has 2 aromatic heterocycles. The zero-order valence-corrected chi connectivity index (χ0v) is 18.1. The Bertz CT molecular complexity index is 1470. The minimum Gasteiger partial charge on any atom is -0.490 e. The van der Waals surface area contributed by atoms with Crippen LogP contribution in [-0.4, -0.2) is 28.5 Å². The van der Waals surface area contributed by atoms with Crippen molar-refractivity contribution in [3.63, 3.8) is 0 Å². The third-order valence-corrected chi connectivity index (χ3v) is 5.11. The smallest absolute Gasteiger partial charge is 0.322 e. The molecule has 34 heavy (non-hydrogen) atoms. The molecule has 0 saturated carbocycles. The van der Waals surface area contributed by atoms with E-state index in [4.69, 9.17) is 13.6 Å². The van der Waals surface area contributed by atoms with Crippen LogP contribution >= 0.6 is 0 Å². The van der Waals surface area contributed by atoms with Gasteiger partial charge in [-0.05, 0) is 31.2 Å². The van der Waals surface area contributed by atoms with Crippen LogP contribution in [-0.2, 0) is 0 Å². The van der Waals surface area contributed by atoms with E-state index in [1.165, 1.54) is 0 Å². The highest BCUT2D eigenvalue weighted by molar-refractivity contribution is 6.10. The molecule has 0 saturated heterocycles. The van der Waals surface area contributed by atoms with E-state index in [1.807, 2.05) is 31.2 Å². The standard InChI is InChI=1S/C26H19N3O5/c1-2-32-20-10-6-9-19-15-21(33-23(19)20)25-28-29-26(34-25)27-24(31)18-13-11-17(12-14-18)22(30)16-7-4-3-5-8-16/h3-15H,2H2,1H3,(H,27,29,31). The van der Waals surface area contributed by atoms with Crippen molar-refractivity contribution in [3.8, 4) is 17.4 Å². The number of anilines is 1. The number of benzene rings is 3. The topological polar surface area (TPSA) is 107 Å². The number of amides is 1. The Balaban J connectivity index is 1.30. The first-order chi connectivity index (χ1) is 16.6. The summed E-state index contributed by atoms with van der Waals surface area (Å²) in [4.78, 5) is 25.1. The number of ketones is 1. The maximum absolute atomic E-state index is 12.6. The van der Waals surface area contributed by atoms with Gasteiger partial charge in [-0.3, -0.25) is 14.9 Å². The summed E-state index contributed by atoms with van der Waals surface area (Å²) in [5, 5.41) is 11.2. The second kappa shape index (κ2) is 9.03. The van der Waals surface area contributed by atoms with Crippen LogP contribution in [0.2, 0.25) is 0 Å². The van der Waals surface area contributed by atoms with Gasteiger partial charge in [0.1, 0.15) is 0 Å². The van der Waals surface area contributed by atoms with Crippen LogP contribution in [0.15, 0.2) is 87.7 Å². The number of carbonyl (C=O) groups excluding carboxylic acids is 2. The number of para-hydroxylation sites is 1. The molecule has 0 aliphatic carbocycles. The fraction of sp³-hybridized carbons (Fsp3) is 0.0769. The second-order valence-corrected chi connectivity index (χ2v) is 7.36. The van der Waals surface area contributed by atoms with Crippen LogP contribution in [0, 0.1) is 0 Å². The lowest BCUT2D eigenvalue weighted by atomic mass is 10.0. The molecule has 0 unspecified atom stereocenters. The van der Waals surface area contributed by atoms with E-state index in [0.29, 0.717) is 40.4 Å². The summed E-state index contributed by atoms with van der Waals surface area (Å²) in [5.74, 6) is 0.537. The molecule has 1 N–H and O–H groups in total. The van der Waals surface area contributed by atoms with E-state index in [1.54, 1.807) is 54.6 Å². The summed E-state index contributed by atoms with van der Waals surface area (Å²) in [6.45, 7) is 2.40. The second-order valence-electron chi connectivity index (χ2n) is 7.36. The lowest BCUT2D eigenvalue weighted by Gasteiger charge is -2.03. The first kappa shape index (κ1) is 21.1. The summed E-state index contributed by atoms with van der Waals surface area (Å²) in [6, 6.07) is 22.5. The number of nitrogens with one attached hydrogen (secondary N) is 1. The van der Waals surface area contributed by atoms with Gasteiger partial charge in [-0.15, -0.1) is 5.10 Å². The third-order valence-electron chi connectivity index (χ3n) is 5.11. The normalized spacial score (nSPS) is 10.9. The quantitative estimate of drug-likeness (QED) is 0.330. The number of furan rings is 1. The molecule has 0 radical (unpaired) electrons. The summed E-state index contributed by atoms with van der Waals surface area (Å²) < 4.78 is 17.0. The molecule has 0 spiro atoms. The van der Waals surface area contributed by atoms with Crippen molar-refractivity contribution in [1.29, 1.82) is 0 Å². The monoisotopic (exact) mass is 453 g/mol. The van der Waals surface area contributed by atoms with Crippen molar-refractivity contribution in [2.24, 2.45) is 0 Å². The Morgan fingerprint density at radius 2 is 1.59 bits per heavy atom. The average Bonchev–Trinajstić information content (AvgIpc) is 3.52. The molecule has 0 fully saturated rings. The van der Waals surface area contributed by atoms with Crippen LogP contribution in [0.1, 0.15) is 33.2 Å². The van der Waals surface area contributed by atoms with E-state index in [2.05, 4.69) is 15.5 Å². The van der Waals surface area contributed by atoms with E-state index in [9.17, 15) is 9.59 Å². The van der Waals surface area contributed by atoms with Gasteiger partial charge in [0.15, 0.2) is 22.9 Å². The van der Waals surface area contributed by atoms with E-state index >= 15 is 0 Å². The van der Waals surface area contributed by atoms with Gasteiger partial charge in [0.05, 0.1) is 6.61 Å². The summed E-state index contributed by atoms with van der Waals surface area (Å²) in [6.07, 6.45) is 0. The van der Waals surface area contributed by atoms with Crippen molar-refractivity contribution in [2.75, 3.05) is 11.9 Å². The molecule has 8 nitrogen and oxygen atoms in total. The largest absolute Gasteiger partial charge is 0.490 e. The zero-order valence-electron chi connectivity index (χ0n) is 18.1.